The van der Waals surface area contributed by atoms with Crippen LogP contribution < -0.4 is 14.2 Å². The molecule has 0 N–H and O–H groups in total. The average Bonchev–Trinajstić information content (AvgIpc) is 3.27. The van der Waals surface area contributed by atoms with Crippen molar-refractivity contribution in [1.82, 2.24) is 0 Å². The fourth-order valence-corrected chi connectivity index (χ4v) is 2.77. The van der Waals surface area contributed by atoms with E-state index in [0.29, 0.717) is 36.4 Å². The van der Waals surface area contributed by atoms with E-state index in [0.717, 1.165) is 19.3 Å². The Balaban J connectivity index is 1.70. The summed E-state index contributed by atoms with van der Waals surface area (Å²) in [5.41, 5.74) is 0.328. The van der Waals surface area contributed by atoms with E-state index in [1.165, 1.54) is 25.3 Å². The Labute approximate surface area is 140 Å². The van der Waals surface area contributed by atoms with E-state index in [1.54, 1.807) is 13.0 Å². The summed E-state index contributed by atoms with van der Waals surface area (Å²) in [5, 5.41) is 0. The van der Waals surface area contributed by atoms with E-state index < -0.39 is 6.36 Å². The summed E-state index contributed by atoms with van der Waals surface area (Å²) in [6.45, 7) is 2.51. The van der Waals surface area contributed by atoms with Gasteiger partial charge in [-0.15, -0.1) is 13.2 Å². The first-order chi connectivity index (χ1) is 11.4. The van der Waals surface area contributed by atoms with Crippen LogP contribution in [0.25, 0.3) is 0 Å². The van der Waals surface area contributed by atoms with Gasteiger partial charge in [0.05, 0.1) is 13.2 Å². The van der Waals surface area contributed by atoms with Crippen LogP contribution in [0, 0.1) is 18.8 Å². The van der Waals surface area contributed by atoms with Crippen molar-refractivity contribution >= 4 is 0 Å². The zero-order valence-corrected chi connectivity index (χ0v) is 13.8. The summed E-state index contributed by atoms with van der Waals surface area (Å²) in [5.74, 6) is 1.42. The molecule has 0 radical (unpaired) electrons. The first kappa shape index (κ1) is 17.2. The van der Waals surface area contributed by atoms with E-state index in [4.69, 9.17) is 9.47 Å². The molecule has 3 rings (SSSR count). The summed E-state index contributed by atoms with van der Waals surface area (Å²) in [4.78, 5) is 0. The number of benzene rings is 1. The molecule has 0 bridgehead atoms. The second-order valence-corrected chi connectivity index (χ2v) is 6.75. The topological polar surface area (TPSA) is 27.7 Å². The molecular weight excluding hydrogens is 321 g/mol. The van der Waals surface area contributed by atoms with Crippen LogP contribution in [0.5, 0.6) is 17.2 Å². The van der Waals surface area contributed by atoms with Crippen molar-refractivity contribution in [2.24, 2.45) is 11.8 Å². The van der Waals surface area contributed by atoms with E-state index in [-0.39, 0.29) is 11.5 Å². The predicted octanol–water partition coefficient (Wildman–Crippen LogP) is 5.25. The van der Waals surface area contributed by atoms with Gasteiger partial charge in [-0.2, -0.15) is 0 Å². The molecule has 0 aromatic heterocycles. The first-order valence-corrected chi connectivity index (χ1v) is 8.57. The minimum Gasteiger partial charge on any atom is -0.493 e. The van der Waals surface area contributed by atoms with Crippen LogP contribution in [0.15, 0.2) is 12.1 Å². The fourth-order valence-electron chi connectivity index (χ4n) is 2.77. The van der Waals surface area contributed by atoms with E-state index in [2.05, 4.69) is 4.74 Å². The standard InChI is InChI=1S/C18H23F3O3/c1-12-15(23-11-14-5-6-14)7-8-16(17(12)24-18(19,20)21)22-10-9-13-3-2-4-13/h7-8,13-14H,2-6,9-11H2,1H3. The Kier molecular flexibility index (Phi) is 5.11. The van der Waals surface area contributed by atoms with Crippen molar-refractivity contribution in [1.29, 1.82) is 0 Å². The van der Waals surface area contributed by atoms with Gasteiger partial charge in [0.2, 0.25) is 0 Å². The smallest absolute Gasteiger partial charge is 0.493 e. The van der Waals surface area contributed by atoms with Gasteiger partial charge >= 0.3 is 6.36 Å². The van der Waals surface area contributed by atoms with Gasteiger partial charge in [-0.25, -0.2) is 0 Å². The van der Waals surface area contributed by atoms with Crippen LogP contribution in [0.2, 0.25) is 0 Å². The Morgan fingerprint density at radius 2 is 1.71 bits per heavy atom. The van der Waals surface area contributed by atoms with Gasteiger partial charge in [0.25, 0.3) is 0 Å². The van der Waals surface area contributed by atoms with Crippen LogP contribution in [0.3, 0.4) is 0 Å². The summed E-state index contributed by atoms with van der Waals surface area (Å²) >= 11 is 0. The zero-order chi connectivity index (χ0) is 17.2. The van der Waals surface area contributed by atoms with Gasteiger partial charge in [0.15, 0.2) is 11.5 Å². The van der Waals surface area contributed by atoms with Crippen molar-refractivity contribution in [2.75, 3.05) is 13.2 Å². The molecule has 0 spiro atoms. The van der Waals surface area contributed by atoms with Crippen LogP contribution in [0.1, 0.15) is 44.1 Å². The molecule has 0 heterocycles. The summed E-state index contributed by atoms with van der Waals surface area (Å²) in [6.07, 6.45) is 1.95. The lowest BCUT2D eigenvalue weighted by Crippen LogP contribution is -2.19. The molecule has 1 aromatic carbocycles. The molecule has 0 saturated heterocycles. The normalized spacial score (nSPS) is 18.2. The molecule has 2 aliphatic carbocycles. The summed E-state index contributed by atoms with van der Waals surface area (Å²) in [7, 11) is 0. The van der Waals surface area contributed by atoms with Gasteiger partial charge in [-0.05, 0) is 50.2 Å². The van der Waals surface area contributed by atoms with Gasteiger partial charge in [0.1, 0.15) is 5.75 Å². The lowest BCUT2D eigenvalue weighted by Gasteiger charge is -2.25. The van der Waals surface area contributed by atoms with Crippen molar-refractivity contribution in [3.63, 3.8) is 0 Å². The zero-order valence-electron chi connectivity index (χ0n) is 13.8. The minimum absolute atomic E-state index is 0.128. The maximum absolute atomic E-state index is 12.8. The molecule has 134 valence electrons. The number of alkyl halides is 3. The fraction of sp³-hybridized carbons (Fsp3) is 0.667. The van der Waals surface area contributed by atoms with Crippen molar-refractivity contribution in [2.45, 2.75) is 51.8 Å². The number of ether oxygens (including phenoxy) is 3. The Morgan fingerprint density at radius 1 is 1.00 bits per heavy atom. The maximum atomic E-state index is 12.8. The molecule has 1 aromatic rings. The first-order valence-electron chi connectivity index (χ1n) is 8.57. The van der Waals surface area contributed by atoms with Crippen LogP contribution >= 0.6 is 0 Å². The maximum Gasteiger partial charge on any atom is 0.573 e. The molecular formula is C18H23F3O3. The molecule has 0 amide bonds. The van der Waals surface area contributed by atoms with Crippen LogP contribution in [-0.2, 0) is 0 Å². The molecule has 0 aliphatic heterocycles. The highest BCUT2D eigenvalue weighted by Gasteiger charge is 2.34. The second kappa shape index (κ2) is 7.11. The molecule has 2 saturated carbocycles. The molecule has 24 heavy (non-hydrogen) atoms. The number of hydrogen-bond acceptors (Lipinski definition) is 3. The number of halogens is 3. The number of rotatable bonds is 8. The predicted molar refractivity (Wildman–Crippen MR) is 83.5 cm³/mol. The lowest BCUT2D eigenvalue weighted by molar-refractivity contribution is -0.275. The summed E-state index contributed by atoms with van der Waals surface area (Å²) < 4.78 is 53.7. The van der Waals surface area contributed by atoms with Gasteiger partial charge in [0, 0.05) is 5.56 Å². The third-order valence-electron chi connectivity index (χ3n) is 4.72. The molecule has 0 atom stereocenters. The van der Waals surface area contributed by atoms with Crippen molar-refractivity contribution < 1.29 is 27.4 Å². The third-order valence-corrected chi connectivity index (χ3v) is 4.72. The van der Waals surface area contributed by atoms with Gasteiger partial charge in [-0.1, -0.05) is 19.3 Å². The van der Waals surface area contributed by atoms with E-state index >= 15 is 0 Å². The highest BCUT2D eigenvalue weighted by atomic mass is 19.4. The molecule has 6 heteroatoms. The minimum atomic E-state index is -4.76. The third kappa shape index (κ3) is 4.71. The van der Waals surface area contributed by atoms with Gasteiger partial charge < -0.3 is 14.2 Å². The molecule has 0 unspecified atom stereocenters. The molecule has 2 aliphatic rings. The highest BCUT2D eigenvalue weighted by Crippen LogP contribution is 2.41. The summed E-state index contributed by atoms with van der Waals surface area (Å²) in [6, 6.07) is 3.18. The number of hydrogen-bond donors (Lipinski definition) is 0. The largest absolute Gasteiger partial charge is 0.573 e. The lowest BCUT2D eigenvalue weighted by atomic mass is 9.83. The van der Waals surface area contributed by atoms with Crippen LogP contribution in [-0.4, -0.2) is 19.6 Å². The van der Waals surface area contributed by atoms with E-state index in [1.807, 2.05) is 0 Å². The van der Waals surface area contributed by atoms with Crippen LogP contribution in [0.4, 0.5) is 13.2 Å². The Morgan fingerprint density at radius 3 is 2.29 bits per heavy atom. The molecule has 2 fully saturated rings. The Hall–Kier alpha value is -1.59. The SMILES string of the molecule is Cc1c(OCC2CC2)ccc(OCCC2CCC2)c1OC(F)(F)F. The highest BCUT2D eigenvalue weighted by molar-refractivity contribution is 5.53. The van der Waals surface area contributed by atoms with Crippen molar-refractivity contribution in [3.05, 3.63) is 17.7 Å². The van der Waals surface area contributed by atoms with Crippen molar-refractivity contribution in [3.8, 4) is 17.2 Å². The quantitative estimate of drug-likeness (QED) is 0.644. The Bertz CT molecular complexity index is 563. The van der Waals surface area contributed by atoms with Gasteiger partial charge in [-0.3, -0.25) is 0 Å². The monoisotopic (exact) mass is 344 g/mol. The average molecular weight is 344 g/mol. The van der Waals surface area contributed by atoms with E-state index in [9.17, 15) is 13.2 Å². The second-order valence-electron chi connectivity index (χ2n) is 6.75. The molecule has 3 nitrogen and oxygen atoms in total.